The molecule has 0 aliphatic rings. The van der Waals surface area contributed by atoms with E-state index in [4.69, 9.17) is 15.8 Å². The van der Waals surface area contributed by atoms with E-state index in [2.05, 4.69) is 26.8 Å². The third-order valence-corrected chi connectivity index (χ3v) is 12.9. The Morgan fingerprint density at radius 2 is 0.722 bits per heavy atom. The fraction of sp³-hybridized carbons (Fsp3) is 0.316. The van der Waals surface area contributed by atoms with Crippen molar-refractivity contribution >= 4 is 30.1 Å². The molecule has 0 bridgehead atoms. The standard InChI is InChI=1S/3C15H14N2O2S.6C2H6/c1-2-12-6-3-4-9-15(12)13-7-5-8-14(10-13)20(18,19)17-11-16;1-2-12-7-9-13(10-8-12)14-5-3-4-6-15(14)20(18,19)17-11-16;1-2-12-5-3-4-6-15(12)13-7-9-14(10-8-13)20(18,19)17-11-16;6*1-2/h3*3-10,17H,2H2,1H3;6*1-2H3. The van der Waals surface area contributed by atoms with Crippen molar-refractivity contribution in [3.63, 3.8) is 0 Å². The van der Waals surface area contributed by atoms with E-state index in [9.17, 15) is 25.3 Å². The Bertz CT molecular complexity index is 2890. The van der Waals surface area contributed by atoms with E-state index in [1.807, 2.05) is 165 Å². The van der Waals surface area contributed by atoms with Gasteiger partial charge < -0.3 is 0 Å². The van der Waals surface area contributed by atoms with E-state index < -0.39 is 30.1 Å². The molecule has 0 heterocycles. The maximum Gasteiger partial charge on any atom is 0.270 e. The highest BCUT2D eigenvalue weighted by Crippen LogP contribution is 2.29. The molecule has 3 N–H and O–H groups in total. The second kappa shape index (κ2) is 39.7. The number of benzene rings is 6. The first kappa shape index (κ1) is 69.3. The van der Waals surface area contributed by atoms with Gasteiger partial charge in [0.1, 0.15) is 0 Å². The molecule has 0 aliphatic heterocycles. The van der Waals surface area contributed by atoms with E-state index in [0.717, 1.165) is 52.6 Å². The molecule has 0 aromatic heterocycles. The number of hydrogen-bond acceptors (Lipinski definition) is 9. The third-order valence-electron chi connectivity index (χ3n) is 9.12. The van der Waals surface area contributed by atoms with Crippen LogP contribution in [0.2, 0.25) is 0 Å². The van der Waals surface area contributed by atoms with E-state index in [-0.39, 0.29) is 14.7 Å². The molecule has 0 fully saturated rings. The Morgan fingerprint density at radius 3 is 1.15 bits per heavy atom. The molecule has 6 rings (SSSR count). The van der Waals surface area contributed by atoms with Gasteiger partial charge in [-0.2, -0.15) is 15.8 Å². The summed E-state index contributed by atoms with van der Waals surface area (Å²) in [5, 5.41) is 25.5. The summed E-state index contributed by atoms with van der Waals surface area (Å²) in [7, 11) is -11.3. The smallest absolute Gasteiger partial charge is 0.215 e. The second-order valence-corrected chi connectivity index (χ2v) is 17.8. The number of nitriles is 3. The van der Waals surface area contributed by atoms with Crippen LogP contribution in [0.3, 0.4) is 0 Å². The third kappa shape index (κ3) is 22.4. The molecule has 12 nitrogen and oxygen atoms in total. The zero-order valence-electron chi connectivity index (χ0n) is 45.0. The van der Waals surface area contributed by atoms with Crippen LogP contribution in [0, 0.1) is 34.4 Å². The molecular weight excluding hydrogens is 961 g/mol. The summed E-state index contributed by atoms with van der Waals surface area (Å²) >= 11 is 0. The van der Waals surface area contributed by atoms with E-state index in [0.29, 0.717) is 5.56 Å². The van der Waals surface area contributed by atoms with Gasteiger partial charge in [-0.3, -0.25) is 0 Å². The van der Waals surface area contributed by atoms with Crippen LogP contribution in [0.25, 0.3) is 33.4 Å². The molecule has 6 aromatic rings. The van der Waals surface area contributed by atoms with Gasteiger partial charge in [0.15, 0.2) is 18.6 Å². The number of sulfonamides is 3. The summed E-state index contributed by atoms with van der Waals surface area (Å²) in [5.74, 6) is 0. The number of nitrogens with zero attached hydrogens (tertiary/aromatic N) is 3. The average molecular weight is 1040 g/mol. The van der Waals surface area contributed by atoms with E-state index in [1.165, 1.54) is 54.0 Å². The number of nitrogens with one attached hydrogen (secondary N) is 3. The van der Waals surface area contributed by atoms with Crippen LogP contribution in [-0.2, 0) is 49.3 Å². The lowest BCUT2D eigenvalue weighted by molar-refractivity contribution is 0.589. The van der Waals surface area contributed by atoms with Gasteiger partial charge in [0.05, 0.1) is 14.7 Å². The van der Waals surface area contributed by atoms with Crippen LogP contribution in [0.15, 0.2) is 160 Å². The quantitative estimate of drug-likeness (QED) is 0.0785. The van der Waals surface area contributed by atoms with Crippen molar-refractivity contribution in [2.45, 2.75) is 138 Å². The summed E-state index contributed by atoms with van der Waals surface area (Å²) in [4.78, 5) is 0.269. The Hall–Kier alpha value is -6.96. The SMILES string of the molecule is CC.CC.CC.CC.CC.CC.CCc1ccc(-c2ccccc2S(=O)(=O)NC#N)cc1.CCc1ccccc1-c1ccc(S(=O)(=O)NC#N)cc1.CCc1ccccc1-c1cccc(S(=O)(=O)NC#N)c1. The van der Waals surface area contributed by atoms with Crippen molar-refractivity contribution in [3.8, 4) is 52.0 Å². The van der Waals surface area contributed by atoms with Crippen molar-refractivity contribution in [1.29, 1.82) is 15.8 Å². The van der Waals surface area contributed by atoms with Crippen LogP contribution in [-0.4, -0.2) is 25.3 Å². The molecule has 0 aliphatic carbocycles. The van der Waals surface area contributed by atoms with Crippen LogP contribution in [0.5, 0.6) is 0 Å². The summed E-state index contributed by atoms with van der Waals surface area (Å²) in [6.45, 7) is 30.2. The molecule has 0 unspecified atom stereocenters. The van der Waals surface area contributed by atoms with E-state index >= 15 is 0 Å². The first-order chi connectivity index (χ1) is 34.7. The van der Waals surface area contributed by atoms with Crippen molar-refractivity contribution in [3.05, 3.63) is 162 Å². The minimum absolute atomic E-state index is 0.0804. The predicted octanol–water partition coefficient (Wildman–Crippen LogP) is 14.2. The van der Waals surface area contributed by atoms with Crippen LogP contribution >= 0.6 is 0 Å². The highest BCUT2D eigenvalue weighted by atomic mass is 32.2. The highest BCUT2D eigenvalue weighted by molar-refractivity contribution is 7.90. The fourth-order valence-electron chi connectivity index (χ4n) is 6.08. The average Bonchev–Trinajstić information content (AvgIpc) is 3.44. The predicted molar refractivity (Wildman–Crippen MR) is 300 cm³/mol. The first-order valence-electron chi connectivity index (χ1n) is 24.5. The summed E-state index contributed by atoms with van der Waals surface area (Å²) in [6, 6.07) is 43.3. The van der Waals surface area contributed by atoms with Crippen molar-refractivity contribution in [2.24, 2.45) is 0 Å². The van der Waals surface area contributed by atoms with Gasteiger partial charge >= 0.3 is 0 Å². The molecule has 390 valence electrons. The molecule has 0 atom stereocenters. The zero-order chi connectivity index (χ0) is 55.8. The van der Waals surface area contributed by atoms with Crippen LogP contribution < -0.4 is 14.2 Å². The number of hydrogen-bond donors (Lipinski definition) is 3. The number of rotatable bonds is 12. The van der Waals surface area contributed by atoms with Crippen molar-refractivity contribution in [2.75, 3.05) is 0 Å². The van der Waals surface area contributed by atoms with Gasteiger partial charge in [0.25, 0.3) is 30.1 Å². The maximum atomic E-state index is 12.0. The lowest BCUT2D eigenvalue weighted by Crippen LogP contribution is -2.18. The normalized spacial score (nSPS) is 9.50. The van der Waals surface area contributed by atoms with Gasteiger partial charge in [0, 0.05) is 5.56 Å². The lowest BCUT2D eigenvalue weighted by Gasteiger charge is -2.09. The van der Waals surface area contributed by atoms with Gasteiger partial charge in [-0.15, -0.1) is 0 Å². The molecule has 0 spiro atoms. The van der Waals surface area contributed by atoms with Gasteiger partial charge in [-0.1, -0.05) is 219 Å². The first-order valence-corrected chi connectivity index (χ1v) is 29.0. The Kier molecular flexibility index (Phi) is 38.2. The number of aryl methyl sites for hydroxylation is 3. The molecular formula is C57H78N6O6S3. The van der Waals surface area contributed by atoms with Crippen molar-refractivity contribution in [1.82, 2.24) is 14.2 Å². The minimum atomic E-state index is -3.82. The van der Waals surface area contributed by atoms with Gasteiger partial charge in [0.2, 0.25) is 0 Å². The molecule has 0 radical (unpaired) electrons. The van der Waals surface area contributed by atoms with Gasteiger partial charge in [-0.25, -0.2) is 39.4 Å². The van der Waals surface area contributed by atoms with Crippen LogP contribution in [0.1, 0.15) is 121 Å². The fourth-order valence-corrected chi connectivity index (χ4v) is 8.55. The minimum Gasteiger partial charge on any atom is -0.215 e. The summed E-state index contributed by atoms with van der Waals surface area (Å²) in [5.41, 5.74) is 8.80. The molecule has 72 heavy (non-hydrogen) atoms. The monoisotopic (exact) mass is 1040 g/mol. The lowest BCUT2D eigenvalue weighted by atomic mass is 9.98. The maximum absolute atomic E-state index is 12.0. The molecule has 15 heteroatoms. The van der Waals surface area contributed by atoms with Crippen LogP contribution in [0.4, 0.5) is 0 Å². The molecule has 0 amide bonds. The van der Waals surface area contributed by atoms with Gasteiger partial charge in [-0.05, 0) is 94.1 Å². The Balaban J connectivity index is -0.000000895. The Morgan fingerprint density at radius 1 is 0.361 bits per heavy atom. The molecule has 0 saturated carbocycles. The largest absolute Gasteiger partial charge is 0.270 e. The zero-order valence-corrected chi connectivity index (χ0v) is 47.4. The topological polar surface area (TPSA) is 210 Å². The second-order valence-electron chi connectivity index (χ2n) is 12.8. The van der Waals surface area contributed by atoms with Crippen molar-refractivity contribution < 1.29 is 25.3 Å². The summed E-state index contributed by atoms with van der Waals surface area (Å²) in [6.07, 6.45) is 7.05. The summed E-state index contributed by atoms with van der Waals surface area (Å²) < 4.78 is 76.5. The molecule has 6 aromatic carbocycles. The molecule has 0 saturated heterocycles. The Labute approximate surface area is 435 Å². The highest BCUT2D eigenvalue weighted by Gasteiger charge is 2.19. The van der Waals surface area contributed by atoms with E-state index in [1.54, 1.807) is 47.2 Å².